The van der Waals surface area contributed by atoms with Crippen LogP contribution in [0, 0.1) is 0 Å². The molecule has 2 aromatic rings. The second kappa shape index (κ2) is 9.74. The zero-order valence-corrected chi connectivity index (χ0v) is 20.2. The molecule has 2 heterocycles. The predicted molar refractivity (Wildman–Crippen MR) is 129 cm³/mol. The molecule has 0 aliphatic carbocycles. The van der Waals surface area contributed by atoms with Crippen molar-refractivity contribution in [3.05, 3.63) is 53.6 Å². The first-order valence-corrected chi connectivity index (χ1v) is 13.0. The Kier molecular flexibility index (Phi) is 7.02. The van der Waals surface area contributed by atoms with Crippen molar-refractivity contribution in [3.63, 3.8) is 0 Å². The molecule has 0 saturated carbocycles. The minimum absolute atomic E-state index is 0.0108. The van der Waals surface area contributed by atoms with E-state index >= 15 is 0 Å². The van der Waals surface area contributed by atoms with Crippen LogP contribution < -0.4 is 10.5 Å². The molecule has 0 aromatic heterocycles. The SMILES string of the molecule is NC1=Nc2c(cccc2S(=O)(=O)Nc2ccc(C(=O)N3CCC(O)(CCCC(F)(F)F)CC3)cc2)C1. The average Bonchev–Trinajstić information content (AvgIpc) is 3.18. The van der Waals surface area contributed by atoms with Crippen LogP contribution in [0.15, 0.2) is 52.4 Å². The fourth-order valence-electron chi connectivity index (χ4n) is 4.50. The van der Waals surface area contributed by atoms with Gasteiger partial charge >= 0.3 is 6.18 Å². The number of carbonyl (C=O) groups excluding carboxylic acids is 1. The van der Waals surface area contributed by atoms with Crippen molar-refractivity contribution in [1.82, 2.24) is 4.90 Å². The van der Waals surface area contributed by atoms with E-state index in [1.54, 1.807) is 12.1 Å². The molecule has 2 aliphatic rings. The van der Waals surface area contributed by atoms with E-state index in [9.17, 15) is 31.5 Å². The zero-order chi connectivity index (χ0) is 26.1. The summed E-state index contributed by atoms with van der Waals surface area (Å²) in [5, 5.41) is 10.6. The summed E-state index contributed by atoms with van der Waals surface area (Å²) in [5.41, 5.74) is 6.18. The molecular formula is C24H27F3N4O4S. The number of sulfonamides is 1. The summed E-state index contributed by atoms with van der Waals surface area (Å²) in [6, 6.07) is 10.8. The molecule has 0 atom stereocenters. The number of nitrogens with zero attached hydrogens (tertiary/aromatic N) is 2. The quantitative estimate of drug-likeness (QED) is 0.509. The van der Waals surface area contributed by atoms with Crippen LogP contribution in [0.5, 0.6) is 0 Å². The lowest BCUT2D eigenvalue weighted by molar-refractivity contribution is -0.138. The molecule has 1 fully saturated rings. The highest BCUT2D eigenvalue weighted by atomic mass is 32.2. The van der Waals surface area contributed by atoms with Crippen molar-refractivity contribution in [2.75, 3.05) is 17.8 Å². The maximum Gasteiger partial charge on any atom is 0.389 e. The van der Waals surface area contributed by atoms with Crippen molar-refractivity contribution in [2.45, 2.75) is 55.2 Å². The molecule has 194 valence electrons. The van der Waals surface area contributed by atoms with Crippen LogP contribution in [0.1, 0.15) is 48.0 Å². The number of amides is 1. The molecule has 2 aromatic carbocycles. The van der Waals surface area contributed by atoms with Gasteiger partial charge in [-0.2, -0.15) is 13.2 Å². The summed E-state index contributed by atoms with van der Waals surface area (Å²) < 4.78 is 65.5. The number of hydrogen-bond donors (Lipinski definition) is 3. The lowest BCUT2D eigenvalue weighted by Gasteiger charge is -2.38. The van der Waals surface area contributed by atoms with Crippen molar-refractivity contribution in [2.24, 2.45) is 10.7 Å². The maximum atomic E-state index is 12.9. The van der Waals surface area contributed by atoms with E-state index in [1.807, 2.05) is 0 Å². The van der Waals surface area contributed by atoms with Crippen molar-refractivity contribution in [1.29, 1.82) is 0 Å². The number of nitrogens with one attached hydrogen (secondary N) is 1. The largest absolute Gasteiger partial charge is 0.390 e. The molecule has 0 spiro atoms. The second-order valence-electron chi connectivity index (χ2n) is 9.21. The van der Waals surface area contributed by atoms with Gasteiger partial charge in [-0.25, -0.2) is 13.4 Å². The van der Waals surface area contributed by atoms with Crippen LogP contribution in [0.2, 0.25) is 0 Å². The average molecular weight is 525 g/mol. The van der Waals surface area contributed by atoms with Gasteiger partial charge in [0, 0.05) is 37.2 Å². The van der Waals surface area contributed by atoms with Crippen LogP contribution in [-0.2, 0) is 16.4 Å². The van der Waals surface area contributed by atoms with Crippen molar-refractivity contribution in [3.8, 4) is 0 Å². The number of halogens is 3. The summed E-state index contributed by atoms with van der Waals surface area (Å²) in [7, 11) is -3.95. The maximum absolute atomic E-state index is 12.9. The minimum atomic E-state index is -4.25. The molecule has 1 saturated heterocycles. The minimum Gasteiger partial charge on any atom is -0.390 e. The smallest absolute Gasteiger partial charge is 0.389 e. The molecule has 0 bridgehead atoms. The number of rotatable bonds is 7. The first-order chi connectivity index (χ1) is 16.9. The third kappa shape index (κ3) is 5.98. The predicted octanol–water partition coefficient (Wildman–Crippen LogP) is 3.73. The Labute approximate surface area is 207 Å². The Hall–Kier alpha value is -3.12. The summed E-state index contributed by atoms with van der Waals surface area (Å²) >= 11 is 0. The third-order valence-corrected chi connectivity index (χ3v) is 7.88. The Balaban J connectivity index is 1.36. The number of anilines is 1. The lowest BCUT2D eigenvalue weighted by Crippen LogP contribution is -2.46. The zero-order valence-electron chi connectivity index (χ0n) is 19.4. The van der Waals surface area contributed by atoms with Crippen molar-refractivity contribution < 1.29 is 31.5 Å². The van der Waals surface area contributed by atoms with Crippen LogP contribution in [0.3, 0.4) is 0 Å². The molecule has 36 heavy (non-hydrogen) atoms. The van der Waals surface area contributed by atoms with Gasteiger partial charge in [-0.05, 0) is 61.6 Å². The molecule has 2 aliphatic heterocycles. The topological polar surface area (TPSA) is 125 Å². The summed E-state index contributed by atoms with van der Waals surface area (Å²) in [6.07, 6.45) is -4.54. The van der Waals surface area contributed by atoms with E-state index in [0.717, 1.165) is 5.56 Å². The fourth-order valence-corrected chi connectivity index (χ4v) is 5.75. The van der Waals surface area contributed by atoms with E-state index in [2.05, 4.69) is 9.71 Å². The number of para-hydroxylation sites is 1. The van der Waals surface area contributed by atoms with Gasteiger partial charge in [0.1, 0.15) is 10.7 Å². The van der Waals surface area contributed by atoms with Gasteiger partial charge in [-0.1, -0.05) is 12.1 Å². The van der Waals surface area contributed by atoms with Crippen LogP contribution in [0.25, 0.3) is 0 Å². The molecule has 4 N–H and O–H groups in total. The van der Waals surface area contributed by atoms with Gasteiger partial charge in [0.2, 0.25) is 0 Å². The standard InChI is InChI=1S/C24H27F3N4O4S/c25-24(26,27)10-2-9-23(33)11-13-31(14-12-23)22(32)16-5-7-18(8-6-16)30-36(34,35)19-4-1-3-17-15-20(28)29-21(17)19/h1,3-8,30,33H,2,9-15H2,(H2,28,29). The van der Waals surface area contributed by atoms with Gasteiger partial charge in [0.25, 0.3) is 15.9 Å². The number of benzene rings is 2. The fraction of sp³-hybridized carbons (Fsp3) is 0.417. The highest BCUT2D eigenvalue weighted by Crippen LogP contribution is 2.34. The van der Waals surface area contributed by atoms with Crippen LogP contribution in [-0.4, -0.2) is 55.0 Å². The Morgan fingerprint density at radius 1 is 1.14 bits per heavy atom. The molecule has 4 rings (SSSR count). The van der Waals surface area contributed by atoms with Gasteiger partial charge in [0.05, 0.1) is 11.3 Å². The number of alkyl halides is 3. The molecule has 0 unspecified atom stereocenters. The number of nitrogens with two attached hydrogens (primary N) is 1. The molecule has 0 radical (unpaired) electrons. The van der Waals surface area contributed by atoms with Gasteiger partial charge in [-0.3, -0.25) is 9.52 Å². The first kappa shape index (κ1) is 26.0. The number of amidine groups is 1. The number of piperidine rings is 1. The van der Waals surface area contributed by atoms with E-state index in [4.69, 9.17) is 5.73 Å². The van der Waals surface area contributed by atoms with Crippen molar-refractivity contribution >= 4 is 33.1 Å². The van der Waals surface area contributed by atoms with E-state index in [-0.39, 0.29) is 55.3 Å². The Morgan fingerprint density at radius 3 is 2.44 bits per heavy atom. The van der Waals surface area contributed by atoms with Gasteiger partial charge in [-0.15, -0.1) is 0 Å². The molecule has 8 nitrogen and oxygen atoms in total. The monoisotopic (exact) mass is 524 g/mol. The first-order valence-electron chi connectivity index (χ1n) is 11.5. The van der Waals surface area contributed by atoms with Gasteiger partial charge < -0.3 is 15.7 Å². The Morgan fingerprint density at radius 2 is 1.81 bits per heavy atom. The highest BCUT2D eigenvalue weighted by molar-refractivity contribution is 7.92. The second-order valence-corrected chi connectivity index (χ2v) is 10.9. The number of carbonyl (C=O) groups is 1. The van der Waals surface area contributed by atoms with Gasteiger partial charge in [0.15, 0.2) is 0 Å². The molecule has 1 amide bonds. The summed E-state index contributed by atoms with van der Waals surface area (Å²) in [4.78, 5) is 18.6. The highest BCUT2D eigenvalue weighted by Gasteiger charge is 2.35. The summed E-state index contributed by atoms with van der Waals surface area (Å²) in [5.74, 6) is 0.0421. The van der Waals surface area contributed by atoms with E-state index in [1.165, 1.54) is 35.2 Å². The van der Waals surface area contributed by atoms with Crippen LogP contribution in [0.4, 0.5) is 24.5 Å². The van der Waals surface area contributed by atoms with E-state index in [0.29, 0.717) is 23.5 Å². The number of hydrogen-bond acceptors (Lipinski definition) is 6. The van der Waals surface area contributed by atoms with Crippen LogP contribution >= 0.6 is 0 Å². The number of likely N-dealkylation sites (tertiary alicyclic amines) is 1. The lowest BCUT2D eigenvalue weighted by atomic mass is 9.86. The molecule has 12 heteroatoms. The Bertz CT molecular complexity index is 1270. The summed E-state index contributed by atoms with van der Waals surface area (Å²) in [6.45, 7) is 0.441. The molecular weight excluding hydrogens is 497 g/mol. The normalized spacial score (nSPS) is 17.4. The van der Waals surface area contributed by atoms with E-state index < -0.39 is 28.2 Å². The number of aliphatic hydroxyl groups is 1. The number of fused-ring (bicyclic) bond motifs is 1. The number of aliphatic imine (C=N–C) groups is 1. The third-order valence-electron chi connectivity index (χ3n) is 6.47.